The normalized spacial score (nSPS) is 30.8. The van der Waals surface area contributed by atoms with Gasteiger partial charge in [0, 0.05) is 17.4 Å². The number of hydrogen-bond acceptors (Lipinski definition) is 3. The van der Waals surface area contributed by atoms with Crippen molar-refractivity contribution in [2.75, 3.05) is 0 Å². The first-order valence-corrected chi connectivity index (χ1v) is 7.86. The van der Waals surface area contributed by atoms with Crippen molar-refractivity contribution in [1.29, 1.82) is 0 Å². The lowest BCUT2D eigenvalue weighted by molar-refractivity contribution is -0.123. The zero-order chi connectivity index (χ0) is 16.8. The van der Waals surface area contributed by atoms with Gasteiger partial charge in [0.05, 0.1) is 0 Å². The Balaban J connectivity index is 2.54. The molecule has 0 aromatic heterocycles. The molecule has 1 atom stereocenters. The Bertz CT molecular complexity index is 600. The van der Waals surface area contributed by atoms with Crippen molar-refractivity contribution in [1.82, 2.24) is 0 Å². The number of aldehydes is 1. The van der Waals surface area contributed by atoms with Gasteiger partial charge in [0.1, 0.15) is 11.9 Å². The number of Topliss-reactive ketones (excluding diaryl/α,β-unsaturated/α-hetero) is 1. The summed E-state index contributed by atoms with van der Waals surface area (Å²) >= 11 is 0. The minimum Gasteiger partial charge on any atom is -0.381 e. The van der Waals surface area contributed by atoms with E-state index in [4.69, 9.17) is 0 Å². The van der Waals surface area contributed by atoms with Gasteiger partial charge in [-0.25, -0.2) is 0 Å². The van der Waals surface area contributed by atoms with Crippen LogP contribution in [0.3, 0.4) is 0 Å². The molecule has 0 spiro atoms. The average molecular weight is 302 g/mol. The molecule has 1 saturated carbocycles. The molecule has 0 aliphatic heterocycles. The second-order valence-electron chi connectivity index (χ2n) is 7.69. The topological polar surface area (TPSA) is 54.4 Å². The molecule has 0 radical (unpaired) electrons. The zero-order valence-corrected chi connectivity index (χ0v) is 14.2. The van der Waals surface area contributed by atoms with Gasteiger partial charge in [-0.05, 0) is 55.4 Å². The molecular weight excluding hydrogens is 276 g/mol. The number of carbonyl (C=O) groups is 2. The average Bonchev–Trinajstić information content (AvgIpc) is 3.12. The first-order chi connectivity index (χ1) is 10.1. The summed E-state index contributed by atoms with van der Waals surface area (Å²) in [5, 5.41) is 11.4. The van der Waals surface area contributed by atoms with Crippen molar-refractivity contribution >= 4 is 12.1 Å². The molecule has 0 amide bonds. The Morgan fingerprint density at radius 2 is 1.82 bits per heavy atom. The van der Waals surface area contributed by atoms with Gasteiger partial charge in [-0.15, -0.1) is 0 Å². The van der Waals surface area contributed by atoms with Crippen molar-refractivity contribution in [3.8, 4) is 0 Å². The van der Waals surface area contributed by atoms with Gasteiger partial charge in [0.25, 0.3) is 0 Å². The van der Waals surface area contributed by atoms with Crippen LogP contribution in [0.4, 0.5) is 0 Å². The minimum atomic E-state index is -1.17. The fourth-order valence-electron chi connectivity index (χ4n) is 3.52. The minimum absolute atomic E-state index is 0.0623. The molecule has 0 aromatic carbocycles. The number of carbonyl (C=O) groups excluding carboxylic acids is 2. The Labute approximate surface area is 132 Å². The van der Waals surface area contributed by atoms with Gasteiger partial charge in [-0.3, -0.25) is 9.59 Å². The van der Waals surface area contributed by atoms with E-state index < -0.39 is 11.0 Å². The fraction of sp³-hybridized carbons (Fsp3) is 0.579. The van der Waals surface area contributed by atoms with Crippen LogP contribution in [0, 0.1) is 10.8 Å². The molecule has 1 fully saturated rings. The summed E-state index contributed by atoms with van der Waals surface area (Å²) in [5.74, 6) is 0.167. The van der Waals surface area contributed by atoms with Crippen LogP contribution in [0.25, 0.3) is 0 Å². The summed E-state index contributed by atoms with van der Waals surface area (Å²) in [6, 6.07) is 0. The number of allylic oxidation sites excluding steroid dienone is 4. The molecular formula is C19H26O3. The standard InChI is InChI=1S/C19H26O3/c1-13(7-11-20)6-8-19(22)14(2)16(18(5)9-10-18)15(21)12-17(19,3)4/h6-8,11,22H,9-10,12H2,1-5H3. The Morgan fingerprint density at radius 1 is 1.23 bits per heavy atom. The van der Waals surface area contributed by atoms with Crippen molar-refractivity contribution in [3.63, 3.8) is 0 Å². The summed E-state index contributed by atoms with van der Waals surface area (Å²) in [4.78, 5) is 23.1. The SMILES string of the molecule is CC(C=CC1(O)C(C)=C(C2(C)CC2)C(=O)CC1(C)C)=CC=O. The van der Waals surface area contributed by atoms with E-state index in [9.17, 15) is 14.7 Å². The molecule has 0 aromatic rings. The highest BCUT2D eigenvalue weighted by Gasteiger charge is 2.55. The van der Waals surface area contributed by atoms with Gasteiger partial charge in [0.2, 0.25) is 0 Å². The third-order valence-corrected chi connectivity index (χ3v) is 5.38. The number of hydrogen-bond donors (Lipinski definition) is 1. The molecule has 0 heterocycles. The second-order valence-corrected chi connectivity index (χ2v) is 7.69. The van der Waals surface area contributed by atoms with Crippen molar-refractivity contribution < 1.29 is 14.7 Å². The molecule has 3 heteroatoms. The number of ketones is 1. The summed E-state index contributed by atoms with van der Waals surface area (Å²) in [7, 11) is 0. The molecule has 1 N–H and O–H groups in total. The van der Waals surface area contributed by atoms with Gasteiger partial charge >= 0.3 is 0 Å². The first kappa shape index (κ1) is 16.9. The van der Waals surface area contributed by atoms with E-state index in [0.717, 1.165) is 35.8 Å². The lowest BCUT2D eigenvalue weighted by Gasteiger charge is -2.46. The van der Waals surface area contributed by atoms with Crippen LogP contribution in [0.5, 0.6) is 0 Å². The van der Waals surface area contributed by atoms with E-state index in [2.05, 4.69) is 6.92 Å². The Morgan fingerprint density at radius 3 is 2.32 bits per heavy atom. The van der Waals surface area contributed by atoms with Gasteiger partial charge in [-0.2, -0.15) is 0 Å². The summed E-state index contributed by atoms with van der Waals surface area (Å²) < 4.78 is 0. The highest BCUT2D eigenvalue weighted by molar-refractivity contribution is 6.00. The van der Waals surface area contributed by atoms with E-state index in [-0.39, 0.29) is 11.2 Å². The molecule has 1 unspecified atom stereocenters. The monoisotopic (exact) mass is 302 g/mol. The van der Waals surface area contributed by atoms with Crippen molar-refractivity contribution in [3.05, 3.63) is 34.9 Å². The van der Waals surface area contributed by atoms with E-state index in [0.29, 0.717) is 6.42 Å². The van der Waals surface area contributed by atoms with Crippen LogP contribution < -0.4 is 0 Å². The Hall–Kier alpha value is -1.48. The van der Waals surface area contributed by atoms with E-state index in [1.54, 1.807) is 12.2 Å². The van der Waals surface area contributed by atoms with E-state index in [1.807, 2.05) is 27.7 Å². The predicted molar refractivity (Wildman–Crippen MR) is 87.4 cm³/mol. The van der Waals surface area contributed by atoms with Crippen molar-refractivity contribution in [2.45, 2.75) is 59.5 Å². The molecule has 2 aliphatic rings. The number of aliphatic hydroxyl groups is 1. The molecule has 3 nitrogen and oxygen atoms in total. The molecule has 0 bridgehead atoms. The largest absolute Gasteiger partial charge is 0.381 e. The van der Waals surface area contributed by atoms with E-state index in [1.165, 1.54) is 6.08 Å². The maximum Gasteiger partial charge on any atom is 0.160 e. The van der Waals surface area contributed by atoms with E-state index >= 15 is 0 Å². The van der Waals surface area contributed by atoms with Crippen LogP contribution in [0.15, 0.2) is 34.9 Å². The molecule has 2 rings (SSSR count). The maximum absolute atomic E-state index is 12.6. The summed E-state index contributed by atoms with van der Waals surface area (Å²) in [5.41, 5.74) is 0.566. The second kappa shape index (κ2) is 5.31. The summed E-state index contributed by atoms with van der Waals surface area (Å²) in [6.45, 7) is 9.63. The predicted octanol–water partition coefficient (Wildman–Crippen LogP) is 3.53. The van der Waals surface area contributed by atoms with Crippen LogP contribution in [-0.2, 0) is 9.59 Å². The smallest absolute Gasteiger partial charge is 0.160 e. The first-order valence-electron chi connectivity index (χ1n) is 7.86. The third kappa shape index (κ3) is 2.63. The maximum atomic E-state index is 12.6. The van der Waals surface area contributed by atoms with Crippen LogP contribution in [-0.4, -0.2) is 22.8 Å². The van der Waals surface area contributed by atoms with Crippen LogP contribution >= 0.6 is 0 Å². The molecule has 120 valence electrons. The quantitative estimate of drug-likeness (QED) is 0.491. The highest BCUT2D eigenvalue weighted by atomic mass is 16.3. The zero-order valence-electron chi connectivity index (χ0n) is 14.2. The van der Waals surface area contributed by atoms with Crippen LogP contribution in [0.1, 0.15) is 53.9 Å². The molecule has 0 saturated heterocycles. The highest BCUT2D eigenvalue weighted by Crippen LogP contribution is 2.58. The lowest BCUT2D eigenvalue weighted by Crippen LogP contribution is -2.50. The van der Waals surface area contributed by atoms with Crippen LogP contribution in [0.2, 0.25) is 0 Å². The van der Waals surface area contributed by atoms with Crippen molar-refractivity contribution in [2.24, 2.45) is 10.8 Å². The number of rotatable bonds is 4. The molecule has 2 aliphatic carbocycles. The third-order valence-electron chi connectivity index (χ3n) is 5.38. The van der Waals surface area contributed by atoms with Gasteiger partial charge < -0.3 is 5.11 Å². The molecule has 22 heavy (non-hydrogen) atoms. The lowest BCUT2D eigenvalue weighted by atomic mass is 9.60. The Kier molecular flexibility index (Phi) is 4.07. The van der Waals surface area contributed by atoms with Gasteiger partial charge in [-0.1, -0.05) is 26.8 Å². The van der Waals surface area contributed by atoms with Gasteiger partial charge in [0.15, 0.2) is 5.78 Å². The fourth-order valence-corrected chi connectivity index (χ4v) is 3.52. The summed E-state index contributed by atoms with van der Waals surface area (Å²) in [6.07, 6.45) is 8.07.